The van der Waals surface area contributed by atoms with Gasteiger partial charge >= 0.3 is 0 Å². The summed E-state index contributed by atoms with van der Waals surface area (Å²) in [5.74, 6) is 1.19. The third kappa shape index (κ3) is 5.00. The number of carbonyl (C=O) groups excluding carboxylic acids is 1. The molecule has 1 amide bonds. The van der Waals surface area contributed by atoms with Crippen molar-refractivity contribution in [2.24, 2.45) is 5.92 Å². The molecular weight excluding hydrogens is 372 g/mol. The summed E-state index contributed by atoms with van der Waals surface area (Å²) in [5.41, 5.74) is 2.58. The zero-order valence-corrected chi connectivity index (χ0v) is 17.6. The van der Waals surface area contributed by atoms with Crippen molar-refractivity contribution in [3.63, 3.8) is 0 Å². The van der Waals surface area contributed by atoms with Crippen molar-refractivity contribution in [3.05, 3.63) is 77.9 Å². The lowest BCUT2D eigenvalue weighted by Crippen LogP contribution is -2.40. The van der Waals surface area contributed by atoms with Gasteiger partial charge in [0.05, 0.1) is 7.11 Å². The lowest BCUT2D eigenvalue weighted by molar-refractivity contribution is -0.126. The summed E-state index contributed by atoms with van der Waals surface area (Å²) in [5, 5.41) is 5.75. The summed E-state index contributed by atoms with van der Waals surface area (Å²) < 4.78 is 5.18. The maximum atomic E-state index is 12.6. The van der Waals surface area contributed by atoms with Gasteiger partial charge in [-0.1, -0.05) is 54.6 Å². The minimum atomic E-state index is 0.129. The van der Waals surface area contributed by atoms with Crippen LogP contribution in [0.5, 0.6) is 5.75 Å². The molecular formula is C26H30N2O2. The molecule has 0 unspecified atom stereocenters. The van der Waals surface area contributed by atoms with E-state index in [-0.39, 0.29) is 11.8 Å². The predicted octanol–water partition coefficient (Wildman–Crippen LogP) is 4.42. The molecule has 4 rings (SSSR count). The highest BCUT2D eigenvalue weighted by Gasteiger charge is 2.24. The van der Waals surface area contributed by atoms with Crippen LogP contribution in [0.2, 0.25) is 0 Å². The quantitative estimate of drug-likeness (QED) is 0.636. The molecule has 0 aromatic heterocycles. The second kappa shape index (κ2) is 9.77. The van der Waals surface area contributed by atoms with Gasteiger partial charge in [-0.05, 0) is 66.4 Å². The summed E-state index contributed by atoms with van der Waals surface area (Å²) in [6.07, 6.45) is 2.70. The number of benzene rings is 3. The van der Waals surface area contributed by atoms with E-state index in [1.165, 1.54) is 21.9 Å². The van der Waals surface area contributed by atoms with Crippen LogP contribution >= 0.6 is 0 Å². The van der Waals surface area contributed by atoms with Crippen molar-refractivity contribution < 1.29 is 9.53 Å². The number of carbonyl (C=O) groups is 1. The monoisotopic (exact) mass is 402 g/mol. The van der Waals surface area contributed by atoms with Crippen LogP contribution in [0.3, 0.4) is 0 Å². The number of fused-ring (bicyclic) bond motifs is 1. The van der Waals surface area contributed by atoms with Crippen LogP contribution in [0.25, 0.3) is 10.8 Å². The topological polar surface area (TPSA) is 41.6 Å². The number of amides is 1. The Bertz CT molecular complexity index is 970. The van der Waals surface area contributed by atoms with Crippen LogP contribution in [0, 0.1) is 5.92 Å². The molecule has 4 heteroatoms. The average Bonchev–Trinajstić information content (AvgIpc) is 2.80. The van der Waals surface area contributed by atoms with Gasteiger partial charge in [0, 0.05) is 19.0 Å². The highest BCUT2D eigenvalue weighted by atomic mass is 16.5. The molecule has 0 atom stereocenters. The van der Waals surface area contributed by atoms with E-state index in [1.54, 1.807) is 7.11 Å². The fraction of sp³-hybridized carbons (Fsp3) is 0.346. The Balaban J connectivity index is 1.23. The summed E-state index contributed by atoms with van der Waals surface area (Å²) >= 11 is 0. The molecule has 30 heavy (non-hydrogen) atoms. The third-order valence-corrected chi connectivity index (χ3v) is 6.10. The van der Waals surface area contributed by atoms with E-state index in [0.29, 0.717) is 6.54 Å². The van der Waals surface area contributed by atoms with Crippen LogP contribution in [0.15, 0.2) is 66.7 Å². The van der Waals surface area contributed by atoms with Crippen LogP contribution in [0.1, 0.15) is 24.0 Å². The molecule has 0 bridgehead atoms. The molecule has 156 valence electrons. The standard InChI is InChI=1S/C26H30N2O2/c1-30-24-11-9-20(10-12-24)13-16-27-26(29)22-14-17-28(18-15-22)19-23-7-4-6-21-5-2-3-8-25(21)23/h2-12,22H,13-19H2,1H3,(H,27,29). The first-order chi connectivity index (χ1) is 14.7. The van der Waals surface area contributed by atoms with Gasteiger partial charge in [-0.2, -0.15) is 0 Å². The van der Waals surface area contributed by atoms with Crippen molar-refractivity contribution in [3.8, 4) is 5.75 Å². The molecule has 1 fully saturated rings. The maximum Gasteiger partial charge on any atom is 0.223 e. The largest absolute Gasteiger partial charge is 0.497 e. The van der Waals surface area contributed by atoms with E-state index in [9.17, 15) is 4.79 Å². The van der Waals surface area contributed by atoms with Crippen molar-refractivity contribution in [1.29, 1.82) is 0 Å². The second-order valence-corrected chi connectivity index (χ2v) is 8.08. The molecule has 0 saturated carbocycles. The minimum Gasteiger partial charge on any atom is -0.497 e. The van der Waals surface area contributed by atoms with Crippen molar-refractivity contribution in [2.75, 3.05) is 26.7 Å². The molecule has 0 radical (unpaired) electrons. The lowest BCUT2D eigenvalue weighted by atomic mass is 9.95. The highest BCUT2D eigenvalue weighted by Crippen LogP contribution is 2.23. The van der Waals surface area contributed by atoms with Gasteiger partial charge in [-0.25, -0.2) is 0 Å². The van der Waals surface area contributed by atoms with Crippen LogP contribution < -0.4 is 10.1 Å². The molecule has 1 saturated heterocycles. The third-order valence-electron chi connectivity index (χ3n) is 6.10. The Morgan fingerprint density at radius 1 is 1.00 bits per heavy atom. The summed E-state index contributed by atoms with van der Waals surface area (Å²) in [6.45, 7) is 3.58. The van der Waals surface area contributed by atoms with Gasteiger partial charge in [-0.3, -0.25) is 9.69 Å². The minimum absolute atomic E-state index is 0.129. The molecule has 0 spiro atoms. The Morgan fingerprint density at radius 2 is 1.73 bits per heavy atom. The number of hydrogen-bond acceptors (Lipinski definition) is 3. The number of likely N-dealkylation sites (tertiary alicyclic amines) is 1. The Kier molecular flexibility index (Phi) is 6.65. The first-order valence-corrected chi connectivity index (χ1v) is 10.8. The fourth-order valence-corrected chi connectivity index (χ4v) is 4.29. The molecule has 0 aliphatic carbocycles. The van der Waals surface area contributed by atoms with E-state index in [0.717, 1.165) is 44.6 Å². The Morgan fingerprint density at radius 3 is 2.50 bits per heavy atom. The molecule has 3 aromatic carbocycles. The first-order valence-electron chi connectivity index (χ1n) is 10.8. The predicted molar refractivity (Wildman–Crippen MR) is 122 cm³/mol. The van der Waals surface area contributed by atoms with E-state index >= 15 is 0 Å². The lowest BCUT2D eigenvalue weighted by Gasteiger charge is -2.31. The van der Waals surface area contributed by atoms with Crippen molar-refractivity contribution >= 4 is 16.7 Å². The van der Waals surface area contributed by atoms with E-state index in [2.05, 4.69) is 64.8 Å². The zero-order valence-electron chi connectivity index (χ0n) is 17.6. The fourth-order valence-electron chi connectivity index (χ4n) is 4.29. The first kappa shape index (κ1) is 20.4. The average molecular weight is 403 g/mol. The van der Waals surface area contributed by atoms with Crippen LogP contribution in [-0.2, 0) is 17.8 Å². The summed E-state index contributed by atoms with van der Waals surface area (Å²) in [4.78, 5) is 15.1. The molecule has 3 aromatic rings. The number of nitrogens with one attached hydrogen (secondary N) is 1. The number of nitrogens with zero attached hydrogens (tertiary/aromatic N) is 1. The van der Waals surface area contributed by atoms with Crippen LogP contribution in [-0.4, -0.2) is 37.6 Å². The molecule has 1 heterocycles. The summed E-state index contributed by atoms with van der Waals surface area (Å²) in [7, 11) is 1.67. The number of methoxy groups -OCH3 is 1. The van der Waals surface area contributed by atoms with Crippen molar-refractivity contribution in [2.45, 2.75) is 25.8 Å². The Labute approximate surface area is 178 Å². The van der Waals surface area contributed by atoms with Gasteiger partial charge in [0.15, 0.2) is 0 Å². The number of piperidine rings is 1. The van der Waals surface area contributed by atoms with Crippen molar-refractivity contribution in [1.82, 2.24) is 10.2 Å². The normalized spacial score (nSPS) is 15.2. The Hall–Kier alpha value is -2.85. The van der Waals surface area contributed by atoms with Gasteiger partial charge in [0.1, 0.15) is 5.75 Å². The van der Waals surface area contributed by atoms with E-state index in [1.807, 2.05) is 12.1 Å². The SMILES string of the molecule is COc1ccc(CCNC(=O)C2CCN(Cc3cccc4ccccc34)CC2)cc1. The number of rotatable bonds is 7. The van der Waals surface area contributed by atoms with Gasteiger partial charge in [0.2, 0.25) is 5.91 Å². The maximum absolute atomic E-state index is 12.6. The molecule has 1 N–H and O–H groups in total. The van der Waals surface area contributed by atoms with Gasteiger partial charge in [0.25, 0.3) is 0 Å². The van der Waals surface area contributed by atoms with E-state index in [4.69, 9.17) is 4.74 Å². The van der Waals surface area contributed by atoms with Gasteiger partial charge < -0.3 is 10.1 Å². The molecule has 1 aliphatic heterocycles. The zero-order chi connectivity index (χ0) is 20.8. The molecule has 4 nitrogen and oxygen atoms in total. The molecule has 1 aliphatic rings. The van der Waals surface area contributed by atoms with E-state index < -0.39 is 0 Å². The second-order valence-electron chi connectivity index (χ2n) is 8.08. The van der Waals surface area contributed by atoms with Gasteiger partial charge in [-0.15, -0.1) is 0 Å². The number of ether oxygens (including phenoxy) is 1. The smallest absolute Gasteiger partial charge is 0.223 e. The summed E-state index contributed by atoms with van der Waals surface area (Å²) in [6, 6.07) is 23.1. The number of hydrogen-bond donors (Lipinski definition) is 1. The van der Waals surface area contributed by atoms with Crippen LogP contribution in [0.4, 0.5) is 0 Å². The highest BCUT2D eigenvalue weighted by molar-refractivity contribution is 5.85.